The number of para-hydroxylation sites is 2. The highest BCUT2D eigenvalue weighted by atomic mass is 32.2. The topological polar surface area (TPSA) is 108 Å². The lowest BCUT2D eigenvalue weighted by atomic mass is 10.0. The molecule has 0 aromatic heterocycles. The Hall–Kier alpha value is -3.56. The summed E-state index contributed by atoms with van der Waals surface area (Å²) >= 11 is 0. The van der Waals surface area contributed by atoms with E-state index in [2.05, 4.69) is 10.1 Å². The third-order valence-corrected chi connectivity index (χ3v) is 6.35. The average molecular weight is 439 g/mol. The number of aromatic hydroxyl groups is 1. The number of methoxy groups -OCH3 is 1. The zero-order valence-corrected chi connectivity index (χ0v) is 17.7. The van der Waals surface area contributed by atoms with E-state index in [1.165, 1.54) is 19.2 Å². The molecule has 0 fully saturated rings. The Bertz CT molecular complexity index is 1240. The summed E-state index contributed by atoms with van der Waals surface area (Å²) in [4.78, 5) is 15.7. The Morgan fingerprint density at radius 3 is 2.45 bits per heavy atom. The molecule has 0 radical (unpaired) electrons. The molecule has 3 aromatic rings. The van der Waals surface area contributed by atoms with Crippen LogP contribution in [0.4, 0.5) is 5.69 Å². The number of rotatable bonds is 5. The van der Waals surface area contributed by atoms with Crippen LogP contribution >= 0.6 is 0 Å². The van der Waals surface area contributed by atoms with E-state index < -0.39 is 22.1 Å². The van der Waals surface area contributed by atoms with Gasteiger partial charge in [0.25, 0.3) is 15.9 Å². The predicted molar refractivity (Wildman–Crippen MR) is 115 cm³/mol. The SMILES string of the molecule is COc1cccc([C@H]2Nc3ccccc3C(=O)N2NS(=O)(=O)c2ccc(C)cc2)c1O. The van der Waals surface area contributed by atoms with Crippen LogP contribution in [0.1, 0.15) is 27.7 Å². The minimum Gasteiger partial charge on any atom is -0.504 e. The number of nitrogens with zero attached hydrogens (tertiary/aromatic N) is 1. The summed E-state index contributed by atoms with van der Waals surface area (Å²) in [6.07, 6.45) is -1.02. The van der Waals surface area contributed by atoms with Gasteiger partial charge < -0.3 is 15.2 Å². The fourth-order valence-electron chi connectivity index (χ4n) is 3.39. The van der Waals surface area contributed by atoms with E-state index in [0.717, 1.165) is 10.6 Å². The first-order valence-electron chi connectivity index (χ1n) is 9.46. The Balaban J connectivity index is 1.80. The number of amides is 1. The molecule has 4 rings (SSSR count). The van der Waals surface area contributed by atoms with Crippen LogP contribution in [-0.4, -0.2) is 31.6 Å². The highest BCUT2D eigenvalue weighted by molar-refractivity contribution is 7.89. The molecule has 1 aliphatic rings. The molecule has 0 saturated heterocycles. The minimum atomic E-state index is -4.08. The largest absolute Gasteiger partial charge is 0.504 e. The van der Waals surface area contributed by atoms with Gasteiger partial charge in [0.1, 0.15) is 6.17 Å². The fourth-order valence-corrected chi connectivity index (χ4v) is 4.44. The van der Waals surface area contributed by atoms with Crippen LogP contribution < -0.4 is 14.9 Å². The van der Waals surface area contributed by atoms with E-state index in [1.807, 2.05) is 6.92 Å². The number of ether oxygens (including phenoxy) is 1. The lowest BCUT2D eigenvalue weighted by Crippen LogP contribution is -2.52. The molecule has 0 bridgehead atoms. The maximum atomic E-state index is 13.3. The van der Waals surface area contributed by atoms with Crippen molar-refractivity contribution in [2.75, 3.05) is 12.4 Å². The van der Waals surface area contributed by atoms with Gasteiger partial charge in [0.2, 0.25) is 0 Å². The number of anilines is 1. The Morgan fingerprint density at radius 1 is 1.03 bits per heavy atom. The molecule has 1 heterocycles. The third-order valence-electron chi connectivity index (χ3n) is 5.02. The number of aryl methyl sites for hydroxylation is 1. The molecule has 0 saturated carbocycles. The van der Waals surface area contributed by atoms with E-state index in [-0.39, 0.29) is 22.0 Å². The number of hydrazine groups is 1. The molecule has 0 unspecified atom stereocenters. The molecule has 1 aliphatic heterocycles. The second-order valence-electron chi connectivity index (χ2n) is 7.07. The molecular formula is C22H21N3O5S. The first kappa shape index (κ1) is 20.7. The normalized spacial score (nSPS) is 15.9. The zero-order chi connectivity index (χ0) is 22.2. The molecule has 1 amide bonds. The minimum absolute atomic E-state index is 0.0124. The molecular weight excluding hydrogens is 418 g/mol. The summed E-state index contributed by atoms with van der Waals surface area (Å²) in [6, 6.07) is 17.8. The smallest absolute Gasteiger partial charge is 0.273 e. The van der Waals surface area contributed by atoms with Gasteiger partial charge in [-0.3, -0.25) is 4.79 Å². The van der Waals surface area contributed by atoms with Crippen molar-refractivity contribution in [1.29, 1.82) is 0 Å². The van der Waals surface area contributed by atoms with E-state index in [0.29, 0.717) is 11.3 Å². The van der Waals surface area contributed by atoms with Crippen molar-refractivity contribution < 1.29 is 23.1 Å². The van der Waals surface area contributed by atoms with Gasteiger partial charge in [0, 0.05) is 11.3 Å². The highest BCUT2D eigenvalue weighted by Gasteiger charge is 2.37. The molecule has 160 valence electrons. The number of nitrogens with one attached hydrogen (secondary N) is 2. The van der Waals surface area contributed by atoms with Crippen LogP contribution in [0.2, 0.25) is 0 Å². The third kappa shape index (κ3) is 3.80. The number of hydrogen-bond donors (Lipinski definition) is 3. The number of benzene rings is 3. The number of hydrogen-bond acceptors (Lipinski definition) is 6. The van der Waals surface area contributed by atoms with Gasteiger partial charge in [0.15, 0.2) is 11.5 Å². The Morgan fingerprint density at radius 2 is 1.74 bits per heavy atom. The fraction of sp³-hybridized carbons (Fsp3) is 0.136. The van der Waals surface area contributed by atoms with Crippen LogP contribution in [0.3, 0.4) is 0 Å². The van der Waals surface area contributed by atoms with Gasteiger partial charge in [-0.1, -0.05) is 42.0 Å². The number of phenolic OH excluding ortho intramolecular Hbond substituents is 1. The van der Waals surface area contributed by atoms with Crippen molar-refractivity contribution in [3.05, 3.63) is 83.4 Å². The number of carbonyl (C=O) groups is 1. The van der Waals surface area contributed by atoms with Crippen molar-refractivity contribution in [2.24, 2.45) is 0 Å². The Labute approximate surface area is 180 Å². The van der Waals surface area contributed by atoms with Crippen molar-refractivity contribution in [2.45, 2.75) is 18.0 Å². The van der Waals surface area contributed by atoms with Gasteiger partial charge in [-0.05, 0) is 37.3 Å². The van der Waals surface area contributed by atoms with E-state index in [4.69, 9.17) is 4.74 Å². The summed E-state index contributed by atoms with van der Waals surface area (Å²) in [5, 5.41) is 14.8. The lowest BCUT2D eigenvalue weighted by molar-refractivity contribution is 0.0630. The first-order valence-corrected chi connectivity index (χ1v) is 10.9. The van der Waals surface area contributed by atoms with Crippen LogP contribution in [0.5, 0.6) is 11.5 Å². The van der Waals surface area contributed by atoms with E-state index in [1.54, 1.807) is 54.6 Å². The summed E-state index contributed by atoms with van der Waals surface area (Å²) in [6.45, 7) is 1.85. The molecule has 31 heavy (non-hydrogen) atoms. The molecule has 3 aromatic carbocycles. The standard InChI is InChI=1S/C22H21N3O5S/c1-14-10-12-15(13-11-14)31(28,29)24-25-21(17-7-5-9-19(30-2)20(17)26)23-18-8-4-3-6-16(18)22(25)27/h3-13,21,23-24,26H,1-2H3/t21-/m0/s1. The summed E-state index contributed by atoms with van der Waals surface area (Å²) in [7, 11) is -2.67. The van der Waals surface area contributed by atoms with E-state index >= 15 is 0 Å². The van der Waals surface area contributed by atoms with Gasteiger partial charge in [-0.15, -0.1) is 4.83 Å². The van der Waals surface area contributed by atoms with Crippen molar-refractivity contribution in [3.8, 4) is 11.5 Å². The maximum absolute atomic E-state index is 13.3. The summed E-state index contributed by atoms with van der Waals surface area (Å²) in [5.74, 6) is -0.557. The van der Waals surface area contributed by atoms with Gasteiger partial charge in [0.05, 0.1) is 17.6 Å². The predicted octanol–water partition coefficient (Wildman–Crippen LogP) is 3.17. The molecule has 1 atom stereocenters. The number of fused-ring (bicyclic) bond motifs is 1. The maximum Gasteiger partial charge on any atom is 0.273 e. The average Bonchev–Trinajstić information content (AvgIpc) is 2.76. The Kier molecular flexibility index (Phi) is 5.30. The van der Waals surface area contributed by atoms with Crippen molar-refractivity contribution in [1.82, 2.24) is 9.84 Å². The second-order valence-corrected chi connectivity index (χ2v) is 8.73. The summed E-state index contributed by atoms with van der Waals surface area (Å²) < 4.78 is 31.2. The number of sulfonamides is 1. The van der Waals surface area contributed by atoms with Gasteiger partial charge in [-0.25, -0.2) is 13.4 Å². The van der Waals surface area contributed by atoms with Gasteiger partial charge in [-0.2, -0.15) is 0 Å². The van der Waals surface area contributed by atoms with Crippen molar-refractivity contribution in [3.63, 3.8) is 0 Å². The number of phenols is 1. The van der Waals surface area contributed by atoms with Crippen LogP contribution in [0.15, 0.2) is 71.6 Å². The monoisotopic (exact) mass is 439 g/mol. The zero-order valence-electron chi connectivity index (χ0n) is 16.9. The lowest BCUT2D eigenvalue weighted by Gasteiger charge is -2.37. The summed E-state index contributed by atoms with van der Waals surface area (Å²) in [5.41, 5.74) is 2.00. The van der Waals surface area contributed by atoms with Crippen LogP contribution in [-0.2, 0) is 10.0 Å². The second kappa shape index (κ2) is 7.93. The molecule has 9 heteroatoms. The highest BCUT2D eigenvalue weighted by Crippen LogP contribution is 2.39. The first-order chi connectivity index (χ1) is 14.8. The van der Waals surface area contributed by atoms with Crippen LogP contribution in [0.25, 0.3) is 0 Å². The number of carbonyl (C=O) groups excluding carboxylic acids is 1. The molecule has 0 spiro atoms. The molecule has 0 aliphatic carbocycles. The molecule has 8 nitrogen and oxygen atoms in total. The quantitative estimate of drug-likeness (QED) is 0.564. The molecule has 3 N–H and O–H groups in total. The van der Waals surface area contributed by atoms with Crippen LogP contribution in [0, 0.1) is 6.92 Å². The van der Waals surface area contributed by atoms with Crippen molar-refractivity contribution >= 4 is 21.6 Å². The van der Waals surface area contributed by atoms with Gasteiger partial charge >= 0.3 is 0 Å². The van der Waals surface area contributed by atoms with E-state index in [9.17, 15) is 18.3 Å².